The van der Waals surface area contributed by atoms with Gasteiger partial charge in [-0.25, -0.2) is 0 Å². The van der Waals surface area contributed by atoms with Crippen molar-refractivity contribution < 1.29 is 5.21 Å². The molecule has 1 saturated carbocycles. The molecule has 0 aromatic heterocycles. The number of hydrogen-bond donors (Lipinski definition) is 0. The zero-order valence-electron chi connectivity index (χ0n) is 10.8. The summed E-state index contributed by atoms with van der Waals surface area (Å²) >= 11 is 0. The Morgan fingerprint density at radius 3 is 2.19 bits per heavy atom. The van der Waals surface area contributed by atoms with E-state index in [1.807, 2.05) is 6.92 Å². The summed E-state index contributed by atoms with van der Waals surface area (Å²) < 4.78 is 0. The first-order valence-electron chi connectivity index (χ1n) is 6.66. The van der Waals surface area contributed by atoms with Crippen LogP contribution >= 0.6 is 0 Å². The summed E-state index contributed by atoms with van der Waals surface area (Å²) in [4.78, 5) is 4.79. The molecule has 3 heteroatoms. The van der Waals surface area contributed by atoms with E-state index in [4.69, 9.17) is 4.99 Å². The van der Waals surface area contributed by atoms with Crippen LogP contribution in [0.25, 0.3) is 0 Å². The first kappa shape index (κ1) is 12.1. The van der Waals surface area contributed by atoms with Crippen molar-refractivity contribution in [1.82, 2.24) is 5.06 Å². The van der Waals surface area contributed by atoms with Crippen molar-refractivity contribution in [2.75, 3.05) is 0 Å². The number of rotatable bonds is 2. The molecule has 0 unspecified atom stereocenters. The van der Waals surface area contributed by atoms with Gasteiger partial charge in [0.1, 0.15) is 5.66 Å². The average molecular weight is 223 g/mol. The maximum atomic E-state index is 12.7. The van der Waals surface area contributed by atoms with Gasteiger partial charge in [0, 0.05) is 5.71 Å². The average Bonchev–Trinajstić information content (AvgIpc) is 2.50. The summed E-state index contributed by atoms with van der Waals surface area (Å²) in [5, 5.41) is 14.0. The minimum Gasteiger partial charge on any atom is -0.268 e. The maximum Gasteiger partial charge on any atom is 0.139 e. The van der Waals surface area contributed by atoms with Gasteiger partial charge in [-0.1, -0.05) is 20.3 Å². The molecule has 91 valence electrons. The van der Waals surface area contributed by atoms with E-state index in [-0.39, 0.29) is 5.54 Å². The third kappa shape index (κ3) is 1.45. The van der Waals surface area contributed by atoms with Crippen molar-refractivity contribution in [1.29, 1.82) is 0 Å². The molecule has 0 aromatic rings. The predicted octanol–water partition coefficient (Wildman–Crippen LogP) is 3.33. The van der Waals surface area contributed by atoms with Crippen molar-refractivity contribution in [3.63, 3.8) is 0 Å². The number of hydrogen-bond acceptors (Lipinski definition) is 2. The van der Waals surface area contributed by atoms with Crippen molar-refractivity contribution in [2.24, 2.45) is 4.99 Å². The molecule has 3 nitrogen and oxygen atoms in total. The second-order valence-electron chi connectivity index (χ2n) is 5.27. The fourth-order valence-corrected chi connectivity index (χ4v) is 3.49. The summed E-state index contributed by atoms with van der Waals surface area (Å²) in [6, 6.07) is 0. The molecule has 1 radical (unpaired) electrons. The van der Waals surface area contributed by atoms with E-state index in [0.717, 1.165) is 44.2 Å². The number of nitrogens with zero attached hydrogens (tertiary/aromatic N) is 2. The fraction of sp³-hybridized carbons (Fsp3) is 0.923. The first-order chi connectivity index (χ1) is 7.61. The second-order valence-corrected chi connectivity index (χ2v) is 5.27. The predicted molar refractivity (Wildman–Crippen MR) is 64.8 cm³/mol. The molecule has 0 atom stereocenters. The van der Waals surface area contributed by atoms with Gasteiger partial charge in [-0.15, -0.1) is 10.3 Å². The lowest BCUT2D eigenvalue weighted by atomic mass is 9.85. The molecule has 1 heterocycles. The Morgan fingerprint density at radius 2 is 1.75 bits per heavy atom. The standard InChI is InChI=1S/C13H23N2O/c1-4-12(5-2)11(3)14-13(15(12)16)9-7-6-8-10-13/h4-10H2,1-3H3. The summed E-state index contributed by atoms with van der Waals surface area (Å²) in [5.41, 5.74) is 0.362. The number of hydroxylamine groups is 2. The smallest absolute Gasteiger partial charge is 0.139 e. The van der Waals surface area contributed by atoms with Crippen molar-refractivity contribution in [2.45, 2.75) is 76.9 Å². The first-order valence-corrected chi connectivity index (χ1v) is 6.66. The molecule has 0 amide bonds. The van der Waals surface area contributed by atoms with Crippen LogP contribution in [0.15, 0.2) is 4.99 Å². The van der Waals surface area contributed by atoms with Gasteiger partial charge < -0.3 is 0 Å². The maximum absolute atomic E-state index is 12.7. The van der Waals surface area contributed by atoms with Gasteiger partial charge in [0.25, 0.3) is 0 Å². The summed E-state index contributed by atoms with van der Waals surface area (Å²) in [7, 11) is 0. The second kappa shape index (κ2) is 4.11. The van der Waals surface area contributed by atoms with Gasteiger partial charge in [-0.2, -0.15) is 0 Å². The van der Waals surface area contributed by atoms with Crippen molar-refractivity contribution in [3.8, 4) is 0 Å². The Hall–Kier alpha value is -0.410. The molecule has 1 aliphatic heterocycles. The minimum atomic E-state index is -0.394. The van der Waals surface area contributed by atoms with Crippen LogP contribution in [-0.4, -0.2) is 22.0 Å². The van der Waals surface area contributed by atoms with Crippen LogP contribution in [0.3, 0.4) is 0 Å². The SMILES string of the molecule is CCC1(CC)C(C)=NC2(CCCCC2)N1[O]. The Balaban J connectivity index is 2.33. The third-order valence-corrected chi connectivity index (χ3v) is 4.64. The van der Waals surface area contributed by atoms with Gasteiger partial charge in [-0.05, 0) is 45.4 Å². The lowest BCUT2D eigenvalue weighted by Crippen LogP contribution is -2.54. The molecule has 16 heavy (non-hydrogen) atoms. The molecule has 0 bridgehead atoms. The van der Waals surface area contributed by atoms with Crippen molar-refractivity contribution >= 4 is 5.71 Å². The van der Waals surface area contributed by atoms with E-state index in [1.165, 1.54) is 11.5 Å². The minimum absolute atomic E-state index is 0.308. The van der Waals surface area contributed by atoms with Crippen LogP contribution in [0.4, 0.5) is 0 Å². The molecule has 0 aromatic carbocycles. The van der Waals surface area contributed by atoms with Crippen LogP contribution in [-0.2, 0) is 5.21 Å². The fourth-order valence-electron chi connectivity index (χ4n) is 3.49. The summed E-state index contributed by atoms with van der Waals surface area (Å²) in [5.74, 6) is 0. The topological polar surface area (TPSA) is 35.5 Å². The highest BCUT2D eigenvalue weighted by Gasteiger charge is 2.54. The van der Waals surface area contributed by atoms with E-state index >= 15 is 0 Å². The molecule has 1 fully saturated rings. The molecular weight excluding hydrogens is 200 g/mol. The van der Waals surface area contributed by atoms with Crippen LogP contribution in [0.2, 0.25) is 0 Å². The molecule has 1 spiro atoms. The van der Waals surface area contributed by atoms with Gasteiger partial charge in [0.2, 0.25) is 0 Å². The Morgan fingerprint density at radius 1 is 1.19 bits per heavy atom. The molecule has 0 saturated heterocycles. The van der Waals surface area contributed by atoms with Gasteiger partial charge in [0.15, 0.2) is 0 Å². The number of aliphatic imine (C=N–C) groups is 1. The van der Waals surface area contributed by atoms with Crippen LogP contribution in [0.1, 0.15) is 65.7 Å². The summed E-state index contributed by atoms with van der Waals surface area (Å²) in [6.45, 7) is 6.26. The lowest BCUT2D eigenvalue weighted by molar-refractivity contribution is -0.265. The zero-order valence-corrected chi connectivity index (χ0v) is 10.8. The van der Waals surface area contributed by atoms with E-state index in [2.05, 4.69) is 13.8 Å². The molecule has 1 aliphatic carbocycles. The monoisotopic (exact) mass is 223 g/mol. The van der Waals surface area contributed by atoms with Crippen molar-refractivity contribution in [3.05, 3.63) is 0 Å². The third-order valence-electron chi connectivity index (χ3n) is 4.64. The molecular formula is C13H23N2O. The largest absolute Gasteiger partial charge is 0.268 e. The highest BCUT2D eigenvalue weighted by atomic mass is 16.5. The highest BCUT2D eigenvalue weighted by molar-refractivity contribution is 5.93. The van der Waals surface area contributed by atoms with Crippen LogP contribution in [0.5, 0.6) is 0 Å². The Bertz CT molecular complexity index is 288. The van der Waals surface area contributed by atoms with Crippen LogP contribution in [0, 0.1) is 0 Å². The van der Waals surface area contributed by atoms with E-state index in [9.17, 15) is 5.21 Å². The van der Waals surface area contributed by atoms with E-state index in [1.54, 1.807) is 0 Å². The van der Waals surface area contributed by atoms with Gasteiger partial charge in [-0.3, -0.25) is 4.99 Å². The summed E-state index contributed by atoms with van der Waals surface area (Å²) in [6.07, 6.45) is 7.23. The normalized spacial score (nSPS) is 28.4. The molecule has 0 N–H and O–H groups in total. The highest BCUT2D eigenvalue weighted by Crippen LogP contribution is 2.45. The van der Waals surface area contributed by atoms with Crippen LogP contribution < -0.4 is 0 Å². The Kier molecular flexibility index (Phi) is 3.10. The van der Waals surface area contributed by atoms with Gasteiger partial charge >= 0.3 is 0 Å². The van der Waals surface area contributed by atoms with E-state index < -0.39 is 5.66 Å². The molecule has 2 aliphatic rings. The quantitative estimate of drug-likeness (QED) is 0.707. The zero-order chi connectivity index (χ0) is 11.8. The molecule has 2 rings (SSSR count). The van der Waals surface area contributed by atoms with Gasteiger partial charge in [0.05, 0.1) is 5.54 Å². The van der Waals surface area contributed by atoms with E-state index in [0.29, 0.717) is 0 Å². The lowest BCUT2D eigenvalue weighted by Gasteiger charge is -2.41. The Labute approximate surface area is 98.5 Å².